The molecule has 2 aromatic carbocycles. The number of hydrogen-bond donors (Lipinski definition) is 2. The summed E-state index contributed by atoms with van der Waals surface area (Å²) in [5.74, 6) is -0.289. The number of rotatable bonds is 1. The molecule has 0 atom stereocenters. The molecule has 8 heteroatoms. The number of benzene rings is 2. The van der Waals surface area contributed by atoms with Crippen molar-refractivity contribution in [1.82, 2.24) is 4.98 Å². The van der Waals surface area contributed by atoms with Crippen LogP contribution in [0.3, 0.4) is 0 Å². The lowest BCUT2D eigenvalue weighted by atomic mass is 10.0. The fourth-order valence-corrected chi connectivity index (χ4v) is 2.92. The van der Waals surface area contributed by atoms with Crippen molar-refractivity contribution in [2.75, 3.05) is 5.73 Å². The van der Waals surface area contributed by atoms with Crippen LogP contribution in [0.25, 0.3) is 10.8 Å². The fraction of sp³-hybridized carbons (Fsp3) is 0.182. The van der Waals surface area contributed by atoms with Crippen molar-refractivity contribution >= 4 is 55.5 Å². The Bertz CT molecular complexity index is 1100. The smallest absolute Gasteiger partial charge is 0.300 e. The predicted octanol–water partition coefficient (Wildman–Crippen LogP) is 5.49. The van der Waals surface area contributed by atoms with Gasteiger partial charge in [-0.15, -0.1) is 17.0 Å². The standard InChI is InChI=1S/C10H9BrN2.C10H8N2.C2H4O2.BrH/c1-6-2-3-7-5-9(12)13-10(11)8(7)4-6;1-8-2-3-9(4-5-11)10(6-8)7-12;1-2(3)4;/h2-5H,1H3,(H2,12,13);2-3,6H,4H2,1H3;1H3,(H,3,4);1H. The largest absolute Gasteiger partial charge is 0.481 e. The van der Waals surface area contributed by atoms with Crippen molar-refractivity contribution in [3.05, 3.63) is 69.3 Å². The Morgan fingerprint density at radius 3 is 2.27 bits per heavy atom. The van der Waals surface area contributed by atoms with E-state index in [0.29, 0.717) is 17.8 Å². The maximum absolute atomic E-state index is 9.00. The van der Waals surface area contributed by atoms with Gasteiger partial charge in [0.1, 0.15) is 10.4 Å². The van der Waals surface area contributed by atoms with Gasteiger partial charge in [-0.3, -0.25) is 4.79 Å². The molecule has 3 N–H and O–H groups in total. The third-order valence-corrected chi connectivity index (χ3v) is 4.22. The SMILES string of the molecule is Br.CC(=O)O.Cc1ccc(CC#N)c(C#N)c1.Cc1ccc2cc(N)nc(Br)c2c1. The van der Waals surface area contributed by atoms with E-state index in [2.05, 4.69) is 46.0 Å². The summed E-state index contributed by atoms with van der Waals surface area (Å²) in [4.78, 5) is 13.1. The van der Waals surface area contributed by atoms with Crippen LogP contribution in [0.2, 0.25) is 0 Å². The zero-order valence-corrected chi connectivity index (χ0v) is 20.1. The molecule has 3 aromatic rings. The lowest BCUT2D eigenvalue weighted by Crippen LogP contribution is -1.91. The Morgan fingerprint density at radius 1 is 1.13 bits per heavy atom. The highest BCUT2D eigenvalue weighted by atomic mass is 79.9. The molecule has 0 saturated heterocycles. The summed E-state index contributed by atoms with van der Waals surface area (Å²) < 4.78 is 0.811. The number of nitrogen functional groups attached to an aromatic ring is 1. The molecule has 0 radical (unpaired) electrons. The van der Waals surface area contributed by atoms with E-state index in [1.807, 2.05) is 37.3 Å². The molecular formula is C22H22Br2N4O2. The second-order valence-corrected chi connectivity index (χ2v) is 6.94. The average molecular weight is 534 g/mol. The van der Waals surface area contributed by atoms with Crippen molar-refractivity contribution in [2.45, 2.75) is 27.2 Å². The first-order valence-corrected chi connectivity index (χ1v) is 9.35. The zero-order chi connectivity index (χ0) is 22.0. The Labute approximate surface area is 194 Å². The number of nitrogens with zero attached hydrogens (tertiary/aromatic N) is 3. The van der Waals surface area contributed by atoms with Crippen molar-refractivity contribution < 1.29 is 9.90 Å². The fourth-order valence-electron chi connectivity index (χ4n) is 2.37. The highest BCUT2D eigenvalue weighted by Gasteiger charge is 2.01. The van der Waals surface area contributed by atoms with Gasteiger partial charge in [0.05, 0.1) is 24.1 Å². The summed E-state index contributed by atoms with van der Waals surface area (Å²) in [6.07, 6.45) is 0.309. The van der Waals surface area contributed by atoms with Crippen LogP contribution in [-0.4, -0.2) is 16.1 Å². The highest BCUT2D eigenvalue weighted by molar-refractivity contribution is 9.10. The summed E-state index contributed by atoms with van der Waals surface area (Å²) in [6, 6.07) is 17.7. The highest BCUT2D eigenvalue weighted by Crippen LogP contribution is 2.24. The van der Waals surface area contributed by atoms with Crippen LogP contribution < -0.4 is 5.73 Å². The molecule has 156 valence electrons. The second kappa shape index (κ2) is 13.3. The zero-order valence-electron chi connectivity index (χ0n) is 16.8. The Balaban J connectivity index is 0.000000466. The molecule has 0 fully saturated rings. The maximum Gasteiger partial charge on any atom is 0.300 e. The van der Waals surface area contributed by atoms with Crippen LogP contribution >= 0.6 is 32.9 Å². The van der Waals surface area contributed by atoms with Crippen molar-refractivity contribution in [1.29, 1.82) is 10.5 Å². The summed E-state index contributed by atoms with van der Waals surface area (Å²) in [7, 11) is 0. The molecular weight excluding hydrogens is 512 g/mol. The molecule has 0 amide bonds. The van der Waals surface area contributed by atoms with Gasteiger partial charge in [-0.25, -0.2) is 4.98 Å². The number of aromatic nitrogens is 1. The van der Waals surface area contributed by atoms with Crippen LogP contribution in [-0.2, 0) is 11.2 Å². The number of carboxylic acid groups (broad SMARTS) is 1. The number of anilines is 1. The van der Waals surface area contributed by atoms with Gasteiger partial charge < -0.3 is 10.8 Å². The number of pyridine rings is 1. The third kappa shape index (κ3) is 9.04. The van der Waals surface area contributed by atoms with Crippen molar-refractivity contribution in [2.24, 2.45) is 0 Å². The molecule has 0 bridgehead atoms. The van der Waals surface area contributed by atoms with Gasteiger partial charge in [0.25, 0.3) is 5.97 Å². The first kappa shape index (κ1) is 27.1. The number of carbonyl (C=O) groups is 1. The van der Waals surface area contributed by atoms with Gasteiger partial charge in [-0.1, -0.05) is 29.8 Å². The molecule has 0 aliphatic heterocycles. The van der Waals surface area contributed by atoms with E-state index in [4.69, 9.17) is 26.2 Å². The van der Waals surface area contributed by atoms with Crippen molar-refractivity contribution in [3.63, 3.8) is 0 Å². The number of nitrogens with two attached hydrogens (primary N) is 1. The van der Waals surface area contributed by atoms with Gasteiger partial charge in [-0.05, 0) is 64.5 Å². The minimum absolute atomic E-state index is 0. The molecule has 0 spiro atoms. The van der Waals surface area contributed by atoms with E-state index in [1.54, 1.807) is 6.07 Å². The van der Waals surface area contributed by atoms with Crippen LogP contribution in [0.1, 0.15) is 29.2 Å². The molecule has 30 heavy (non-hydrogen) atoms. The van der Waals surface area contributed by atoms with Crippen LogP contribution in [0, 0.1) is 36.5 Å². The average Bonchev–Trinajstić information content (AvgIpc) is 2.64. The van der Waals surface area contributed by atoms with E-state index in [9.17, 15) is 0 Å². The van der Waals surface area contributed by atoms with Crippen LogP contribution in [0.15, 0.2) is 47.1 Å². The van der Waals surface area contributed by atoms with Crippen molar-refractivity contribution in [3.8, 4) is 12.1 Å². The van der Waals surface area contributed by atoms with E-state index in [-0.39, 0.29) is 17.0 Å². The monoisotopic (exact) mass is 532 g/mol. The van der Waals surface area contributed by atoms with E-state index in [0.717, 1.165) is 33.4 Å². The number of hydrogen-bond acceptors (Lipinski definition) is 5. The Morgan fingerprint density at radius 2 is 1.70 bits per heavy atom. The number of nitriles is 2. The number of carboxylic acids is 1. The molecule has 1 heterocycles. The number of aliphatic carboxylic acids is 1. The molecule has 0 saturated carbocycles. The first-order valence-electron chi connectivity index (χ1n) is 8.56. The van der Waals surface area contributed by atoms with Crippen LogP contribution in [0.5, 0.6) is 0 Å². The molecule has 0 unspecified atom stereocenters. The van der Waals surface area contributed by atoms with Gasteiger partial charge in [0, 0.05) is 12.3 Å². The van der Waals surface area contributed by atoms with Gasteiger partial charge >= 0.3 is 0 Å². The van der Waals surface area contributed by atoms with Gasteiger partial charge in [0.2, 0.25) is 0 Å². The van der Waals surface area contributed by atoms with E-state index < -0.39 is 5.97 Å². The maximum atomic E-state index is 9.00. The summed E-state index contributed by atoms with van der Waals surface area (Å²) in [6.45, 7) is 5.07. The predicted molar refractivity (Wildman–Crippen MR) is 127 cm³/mol. The molecule has 0 aliphatic rings. The Kier molecular flexibility index (Phi) is 12.0. The lowest BCUT2D eigenvalue weighted by molar-refractivity contribution is -0.134. The number of halogens is 2. The number of aryl methyl sites for hydroxylation is 2. The molecule has 1 aromatic heterocycles. The first-order chi connectivity index (χ1) is 13.7. The molecule has 6 nitrogen and oxygen atoms in total. The second-order valence-electron chi connectivity index (χ2n) is 6.19. The summed E-state index contributed by atoms with van der Waals surface area (Å²) in [5, 5.41) is 26.8. The minimum atomic E-state index is -0.833. The molecule has 3 rings (SSSR count). The minimum Gasteiger partial charge on any atom is -0.481 e. The van der Waals surface area contributed by atoms with Gasteiger partial charge in [-0.2, -0.15) is 10.5 Å². The normalized spacial score (nSPS) is 8.87. The van der Waals surface area contributed by atoms with E-state index in [1.165, 1.54) is 5.56 Å². The van der Waals surface area contributed by atoms with E-state index >= 15 is 0 Å². The summed E-state index contributed by atoms with van der Waals surface area (Å²) in [5.41, 5.74) is 9.31. The Hall–Kier alpha value is -2.94. The topological polar surface area (TPSA) is 124 Å². The van der Waals surface area contributed by atoms with Gasteiger partial charge in [0.15, 0.2) is 0 Å². The molecule has 0 aliphatic carbocycles. The summed E-state index contributed by atoms with van der Waals surface area (Å²) >= 11 is 3.39. The third-order valence-electron chi connectivity index (χ3n) is 3.62. The van der Waals surface area contributed by atoms with Crippen LogP contribution in [0.4, 0.5) is 5.82 Å². The number of fused-ring (bicyclic) bond motifs is 1. The lowest BCUT2D eigenvalue weighted by Gasteiger charge is -2.02. The quantitative estimate of drug-likeness (QED) is 0.398.